The van der Waals surface area contributed by atoms with Crippen molar-refractivity contribution in [1.29, 1.82) is 0 Å². The second-order valence-electron chi connectivity index (χ2n) is 7.75. The van der Waals surface area contributed by atoms with Gasteiger partial charge >= 0.3 is 0 Å². The van der Waals surface area contributed by atoms with Gasteiger partial charge in [0.25, 0.3) is 0 Å². The number of para-hydroxylation sites is 1. The van der Waals surface area contributed by atoms with Crippen LogP contribution in [0.3, 0.4) is 0 Å². The Morgan fingerprint density at radius 1 is 1.32 bits per heavy atom. The maximum atomic E-state index is 6.03. The van der Waals surface area contributed by atoms with Crippen LogP contribution in [0.5, 0.6) is 5.75 Å². The van der Waals surface area contributed by atoms with Crippen LogP contribution >= 0.6 is 0 Å². The Hall–Kier alpha value is -2.57. The van der Waals surface area contributed by atoms with Crippen LogP contribution in [0.15, 0.2) is 29.3 Å². The molecule has 1 aliphatic heterocycles. The van der Waals surface area contributed by atoms with Gasteiger partial charge in [-0.15, -0.1) is 0 Å². The standard InChI is InChI=1S/C21H32N6O/c1-14(2)20-25-19-11-10-17(13-27(19)26-20)24-21(22-5)23-12-16(4)28-18-9-7-6-8-15(18)3/h6-9,14,16-17H,10-13H2,1-5H3,(H2,22,23,24). The fourth-order valence-corrected chi connectivity index (χ4v) is 3.27. The second kappa shape index (κ2) is 9.08. The topological polar surface area (TPSA) is 76.4 Å². The molecule has 7 heteroatoms. The molecule has 2 unspecified atom stereocenters. The number of ether oxygens (including phenoxy) is 1. The molecule has 0 amide bonds. The summed E-state index contributed by atoms with van der Waals surface area (Å²) in [6.45, 7) is 9.86. The van der Waals surface area contributed by atoms with Crippen molar-refractivity contribution in [2.24, 2.45) is 4.99 Å². The highest BCUT2D eigenvalue weighted by Crippen LogP contribution is 2.18. The van der Waals surface area contributed by atoms with Crippen LogP contribution in [0.4, 0.5) is 0 Å². The van der Waals surface area contributed by atoms with Crippen LogP contribution < -0.4 is 15.4 Å². The van der Waals surface area contributed by atoms with Crippen molar-refractivity contribution in [3.8, 4) is 5.75 Å². The van der Waals surface area contributed by atoms with Gasteiger partial charge < -0.3 is 15.4 Å². The van der Waals surface area contributed by atoms with E-state index in [-0.39, 0.29) is 12.1 Å². The van der Waals surface area contributed by atoms with E-state index in [1.165, 1.54) is 0 Å². The Kier molecular flexibility index (Phi) is 6.54. The molecule has 7 nitrogen and oxygen atoms in total. The fraction of sp³-hybridized carbons (Fsp3) is 0.571. The van der Waals surface area contributed by atoms with E-state index in [1.807, 2.05) is 22.9 Å². The lowest BCUT2D eigenvalue weighted by Gasteiger charge is -2.26. The molecule has 1 aliphatic rings. The Bertz CT molecular complexity index is 813. The molecule has 0 aliphatic carbocycles. The summed E-state index contributed by atoms with van der Waals surface area (Å²) in [6.07, 6.45) is 1.98. The molecule has 2 heterocycles. The first-order chi connectivity index (χ1) is 13.5. The van der Waals surface area contributed by atoms with E-state index in [1.54, 1.807) is 7.05 Å². The van der Waals surface area contributed by atoms with Crippen LogP contribution in [0.25, 0.3) is 0 Å². The van der Waals surface area contributed by atoms with Crippen LogP contribution in [0.1, 0.15) is 50.3 Å². The molecule has 0 spiro atoms. The fourth-order valence-electron chi connectivity index (χ4n) is 3.27. The molecule has 2 aromatic rings. The summed E-state index contributed by atoms with van der Waals surface area (Å²) in [5, 5.41) is 11.5. The van der Waals surface area contributed by atoms with Crippen molar-refractivity contribution in [3.05, 3.63) is 41.5 Å². The van der Waals surface area contributed by atoms with Gasteiger partial charge in [0.1, 0.15) is 17.7 Å². The summed E-state index contributed by atoms with van der Waals surface area (Å²) in [5.74, 6) is 4.09. The number of fused-ring (bicyclic) bond motifs is 1. The molecule has 0 fully saturated rings. The van der Waals surface area contributed by atoms with Crippen molar-refractivity contribution in [1.82, 2.24) is 25.4 Å². The number of aromatic nitrogens is 3. The average Bonchev–Trinajstić information content (AvgIpc) is 3.10. The number of aliphatic imine (C=N–C) groups is 1. The summed E-state index contributed by atoms with van der Waals surface area (Å²) >= 11 is 0. The van der Waals surface area contributed by atoms with Crippen LogP contribution in [0, 0.1) is 6.92 Å². The number of nitrogens with zero attached hydrogens (tertiary/aromatic N) is 4. The summed E-state index contributed by atoms with van der Waals surface area (Å²) in [4.78, 5) is 9.01. The van der Waals surface area contributed by atoms with Gasteiger partial charge in [0.05, 0.1) is 13.1 Å². The number of rotatable bonds is 6. The molecule has 0 saturated heterocycles. The number of aryl methyl sites for hydroxylation is 2. The van der Waals surface area contributed by atoms with Gasteiger partial charge in [-0.1, -0.05) is 32.0 Å². The molecule has 0 saturated carbocycles. The molecule has 0 radical (unpaired) electrons. The number of benzene rings is 1. The van der Waals surface area contributed by atoms with E-state index < -0.39 is 0 Å². The highest BCUT2D eigenvalue weighted by molar-refractivity contribution is 5.80. The largest absolute Gasteiger partial charge is 0.489 e. The number of hydrogen-bond donors (Lipinski definition) is 2. The highest BCUT2D eigenvalue weighted by Gasteiger charge is 2.23. The van der Waals surface area contributed by atoms with E-state index >= 15 is 0 Å². The van der Waals surface area contributed by atoms with Crippen molar-refractivity contribution in [2.45, 2.75) is 65.1 Å². The van der Waals surface area contributed by atoms with E-state index in [0.717, 1.165) is 48.3 Å². The first-order valence-corrected chi connectivity index (χ1v) is 10.1. The third kappa shape index (κ3) is 5.03. The zero-order chi connectivity index (χ0) is 20.1. The monoisotopic (exact) mass is 384 g/mol. The van der Waals surface area contributed by atoms with Crippen molar-refractivity contribution in [2.75, 3.05) is 13.6 Å². The Morgan fingerprint density at radius 3 is 2.82 bits per heavy atom. The third-order valence-corrected chi connectivity index (χ3v) is 4.93. The SMILES string of the molecule is CN=C(NCC(C)Oc1ccccc1C)NC1CCc2nc(C(C)C)nn2C1. The minimum Gasteiger partial charge on any atom is -0.489 e. The average molecular weight is 385 g/mol. The van der Waals surface area contributed by atoms with Crippen molar-refractivity contribution < 1.29 is 4.74 Å². The van der Waals surface area contributed by atoms with E-state index in [4.69, 9.17) is 4.74 Å². The van der Waals surface area contributed by atoms with Gasteiger partial charge in [-0.05, 0) is 31.9 Å². The molecular weight excluding hydrogens is 352 g/mol. The summed E-state index contributed by atoms with van der Waals surface area (Å²) in [6, 6.07) is 8.36. The molecule has 1 aromatic heterocycles. The molecular formula is C21H32N6O. The normalized spacial score (nSPS) is 17.9. The predicted octanol–water partition coefficient (Wildman–Crippen LogP) is 2.66. The molecule has 2 atom stereocenters. The van der Waals surface area contributed by atoms with Gasteiger partial charge in [0.15, 0.2) is 11.8 Å². The smallest absolute Gasteiger partial charge is 0.191 e. The number of guanidine groups is 1. The summed E-state index contributed by atoms with van der Waals surface area (Å²) in [5.41, 5.74) is 1.14. The molecule has 2 N–H and O–H groups in total. The Labute approximate surface area is 167 Å². The Balaban J connectivity index is 1.50. The number of nitrogens with one attached hydrogen (secondary N) is 2. The van der Waals surface area contributed by atoms with Gasteiger partial charge in [-0.2, -0.15) is 5.10 Å². The van der Waals surface area contributed by atoms with Crippen LogP contribution in [-0.4, -0.2) is 46.5 Å². The molecule has 28 heavy (non-hydrogen) atoms. The molecule has 3 rings (SSSR count). The van der Waals surface area contributed by atoms with Gasteiger partial charge in [-0.3, -0.25) is 4.99 Å². The Morgan fingerprint density at radius 2 is 2.11 bits per heavy atom. The van der Waals surface area contributed by atoms with Gasteiger partial charge in [0, 0.05) is 25.4 Å². The van der Waals surface area contributed by atoms with Crippen molar-refractivity contribution >= 4 is 5.96 Å². The second-order valence-corrected chi connectivity index (χ2v) is 7.75. The minimum absolute atomic E-state index is 0.0292. The van der Waals surface area contributed by atoms with Crippen LogP contribution in [-0.2, 0) is 13.0 Å². The van der Waals surface area contributed by atoms with Gasteiger partial charge in [-0.25, -0.2) is 9.67 Å². The predicted molar refractivity (Wildman–Crippen MR) is 112 cm³/mol. The summed E-state index contributed by atoms with van der Waals surface area (Å²) in [7, 11) is 1.79. The first kappa shape index (κ1) is 20.2. The maximum Gasteiger partial charge on any atom is 0.191 e. The van der Waals surface area contributed by atoms with Crippen molar-refractivity contribution in [3.63, 3.8) is 0 Å². The minimum atomic E-state index is 0.0292. The summed E-state index contributed by atoms with van der Waals surface area (Å²) < 4.78 is 8.07. The maximum absolute atomic E-state index is 6.03. The van der Waals surface area contributed by atoms with E-state index in [9.17, 15) is 0 Å². The number of hydrogen-bond acceptors (Lipinski definition) is 4. The van der Waals surface area contributed by atoms with E-state index in [0.29, 0.717) is 12.5 Å². The molecule has 152 valence electrons. The molecule has 0 bridgehead atoms. The van der Waals surface area contributed by atoms with E-state index in [2.05, 4.69) is 59.5 Å². The quantitative estimate of drug-likeness (QED) is 0.591. The highest BCUT2D eigenvalue weighted by atomic mass is 16.5. The first-order valence-electron chi connectivity index (χ1n) is 10.1. The lowest BCUT2D eigenvalue weighted by molar-refractivity contribution is 0.222. The third-order valence-electron chi connectivity index (χ3n) is 4.93. The van der Waals surface area contributed by atoms with Gasteiger partial charge in [0.2, 0.25) is 0 Å². The zero-order valence-electron chi connectivity index (χ0n) is 17.6. The molecule has 1 aromatic carbocycles. The lowest BCUT2D eigenvalue weighted by atomic mass is 10.1. The van der Waals surface area contributed by atoms with Crippen LogP contribution in [0.2, 0.25) is 0 Å². The lowest BCUT2D eigenvalue weighted by Crippen LogP contribution is -2.48. The zero-order valence-corrected chi connectivity index (χ0v) is 17.6.